The zero-order valence-electron chi connectivity index (χ0n) is 12.4. The molecule has 0 aliphatic carbocycles. The van der Waals surface area contributed by atoms with Gasteiger partial charge in [0.05, 0.1) is 12.7 Å². The van der Waals surface area contributed by atoms with Crippen molar-refractivity contribution in [2.24, 2.45) is 0 Å². The van der Waals surface area contributed by atoms with Gasteiger partial charge in [-0.15, -0.1) is 6.58 Å². The first-order valence-electron chi connectivity index (χ1n) is 7.67. The number of carbonyl (C=O) groups excluding carboxylic acids is 1. The van der Waals surface area contributed by atoms with Gasteiger partial charge in [-0.05, 0) is 5.56 Å². The van der Waals surface area contributed by atoms with E-state index >= 15 is 0 Å². The predicted molar refractivity (Wildman–Crippen MR) is 82.1 cm³/mol. The van der Waals surface area contributed by atoms with E-state index in [0.29, 0.717) is 13.2 Å². The van der Waals surface area contributed by atoms with Gasteiger partial charge in [-0.2, -0.15) is 0 Å². The Bertz CT molecular complexity index is 626. The summed E-state index contributed by atoms with van der Waals surface area (Å²) in [5.41, 5.74) is 0.777. The van der Waals surface area contributed by atoms with Crippen molar-refractivity contribution in [1.29, 1.82) is 0 Å². The topological polar surface area (TPSA) is 38.8 Å². The van der Waals surface area contributed by atoms with E-state index in [1.54, 1.807) is 6.08 Å². The molecule has 4 heteroatoms. The standard InChI is InChI=1S/C18H19NO3/c1-2-10-21-16-17(20)19(12-13-6-4-3-5-7-13)18(16)11-14-8-9-15(18)22-14/h2-9,14-16H,1,10-12H2/t14-,15+,16-,18-/m1/s1. The van der Waals surface area contributed by atoms with Gasteiger partial charge in [-0.25, -0.2) is 0 Å². The van der Waals surface area contributed by atoms with Crippen molar-refractivity contribution in [3.63, 3.8) is 0 Å². The number of benzene rings is 1. The van der Waals surface area contributed by atoms with Gasteiger partial charge in [0.1, 0.15) is 11.6 Å². The summed E-state index contributed by atoms with van der Waals surface area (Å²) in [5, 5.41) is 0. The van der Waals surface area contributed by atoms with Crippen LogP contribution in [0.2, 0.25) is 0 Å². The minimum absolute atomic E-state index is 0.0512. The Labute approximate surface area is 130 Å². The minimum atomic E-state index is -0.422. The summed E-state index contributed by atoms with van der Waals surface area (Å²) in [6.45, 7) is 4.66. The first-order valence-corrected chi connectivity index (χ1v) is 7.67. The Kier molecular flexibility index (Phi) is 3.17. The lowest BCUT2D eigenvalue weighted by Crippen LogP contribution is -2.77. The van der Waals surface area contributed by atoms with Crippen molar-refractivity contribution in [3.8, 4) is 0 Å². The van der Waals surface area contributed by atoms with Gasteiger partial charge in [0, 0.05) is 13.0 Å². The average molecular weight is 297 g/mol. The normalized spacial score (nSPS) is 35.2. The van der Waals surface area contributed by atoms with Gasteiger partial charge < -0.3 is 14.4 Å². The maximum atomic E-state index is 12.6. The largest absolute Gasteiger partial charge is 0.364 e. The lowest BCUT2D eigenvalue weighted by molar-refractivity contribution is -0.200. The van der Waals surface area contributed by atoms with Crippen molar-refractivity contribution in [3.05, 3.63) is 60.7 Å². The Hall–Kier alpha value is -1.91. The number of amides is 1. The van der Waals surface area contributed by atoms with Crippen LogP contribution < -0.4 is 0 Å². The molecule has 1 aromatic rings. The highest BCUT2D eigenvalue weighted by Gasteiger charge is 2.69. The van der Waals surface area contributed by atoms with E-state index in [1.807, 2.05) is 35.2 Å². The first-order chi connectivity index (χ1) is 10.8. The smallest absolute Gasteiger partial charge is 0.255 e. The van der Waals surface area contributed by atoms with E-state index in [1.165, 1.54) is 0 Å². The predicted octanol–water partition coefficient (Wildman–Crippen LogP) is 2.07. The van der Waals surface area contributed by atoms with E-state index < -0.39 is 6.10 Å². The molecule has 22 heavy (non-hydrogen) atoms. The molecule has 2 saturated heterocycles. The minimum Gasteiger partial charge on any atom is -0.364 e. The van der Waals surface area contributed by atoms with Crippen molar-refractivity contribution in [2.45, 2.75) is 36.8 Å². The molecule has 0 radical (unpaired) electrons. The highest BCUT2D eigenvalue weighted by atomic mass is 16.5. The molecule has 0 N–H and O–H groups in total. The number of ether oxygens (including phenoxy) is 2. The summed E-state index contributed by atoms with van der Waals surface area (Å²) in [4.78, 5) is 14.5. The lowest BCUT2D eigenvalue weighted by atomic mass is 9.71. The molecule has 0 aromatic heterocycles. The van der Waals surface area contributed by atoms with E-state index in [4.69, 9.17) is 9.47 Å². The van der Waals surface area contributed by atoms with Gasteiger partial charge in [-0.3, -0.25) is 4.79 Å². The summed E-state index contributed by atoms with van der Waals surface area (Å²) >= 11 is 0. The summed E-state index contributed by atoms with van der Waals surface area (Å²) < 4.78 is 11.7. The van der Waals surface area contributed by atoms with E-state index in [0.717, 1.165) is 12.0 Å². The van der Waals surface area contributed by atoms with Crippen molar-refractivity contribution in [1.82, 2.24) is 4.90 Å². The Morgan fingerprint density at radius 3 is 2.82 bits per heavy atom. The van der Waals surface area contributed by atoms with Crippen LogP contribution in [-0.4, -0.2) is 41.3 Å². The fourth-order valence-electron chi connectivity index (χ4n) is 3.87. The van der Waals surface area contributed by atoms with Gasteiger partial charge in [0.25, 0.3) is 5.91 Å². The number of fused-ring (bicyclic) bond motifs is 3. The third kappa shape index (κ3) is 1.81. The second kappa shape index (κ2) is 5.07. The average Bonchev–Trinajstić information content (AvgIpc) is 3.16. The van der Waals surface area contributed by atoms with Crippen LogP contribution in [0, 0.1) is 0 Å². The van der Waals surface area contributed by atoms with Crippen LogP contribution in [0.25, 0.3) is 0 Å². The molecule has 1 aromatic carbocycles. The summed E-state index contributed by atoms with van der Waals surface area (Å²) in [6.07, 6.45) is 6.28. The lowest BCUT2D eigenvalue weighted by Gasteiger charge is -2.57. The molecular weight excluding hydrogens is 278 g/mol. The van der Waals surface area contributed by atoms with Crippen molar-refractivity contribution < 1.29 is 14.3 Å². The molecule has 3 heterocycles. The van der Waals surface area contributed by atoms with Crippen molar-refractivity contribution in [2.75, 3.05) is 6.61 Å². The van der Waals surface area contributed by atoms with Crippen LogP contribution in [0.1, 0.15) is 12.0 Å². The highest BCUT2D eigenvalue weighted by Crippen LogP contribution is 2.51. The molecule has 2 bridgehead atoms. The van der Waals surface area contributed by atoms with Crippen LogP contribution >= 0.6 is 0 Å². The third-order valence-electron chi connectivity index (χ3n) is 4.85. The number of hydrogen-bond donors (Lipinski definition) is 0. The second-order valence-corrected chi connectivity index (χ2v) is 6.09. The molecule has 114 valence electrons. The van der Waals surface area contributed by atoms with Crippen molar-refractivity contribution >= 4 is 5.91 Å². The molecule has 2 fully saturated rings. The number of nitrogens with zero attached hydrogens (tertiary/aromatic N) is 1. The van der Waals surface area contributed by atoms with Crippen LogP contribution in [0.5, 0.6) is 0 Å². The number of β-lactam (4-membered cyclic amide) rings is 1. The van der Waals surface area contributed by atoms with Gasteiger partial charge in [-0.1, -0.05) is 48.6 Å². The zero-order chi connectivity index (χ0) is 15.2. The molecule has 0 unspecified atom stereocenters. The third-order valence-corrected chi connectivity index (χ3v) is 4.85. The van der Waals surface area contributed by atoms with Crippen LogP contribution in [0.4, 0.5) is 0 Å². The molecule has 1 amide bonds. The van der Waals surface area contributed by atoms with Gasteiger partial charge in [0.15, 0.2) is 6.10 Å². The maximum absolute atomic E-state index is 12.6. The molecule has 4 nitrogen and oxygen atoms in total. The first kappa shape index (κ1) is 13.7. The molecule has 1 spiro atoms. The van der Waals surface area contributed by atoms with E-state index in [-0.39, 0.29) is 23.7 Å². The van der Waals surface area contributed by atoms with Crippen LogP contribution in [0.15, 0.2) is 55.1 Å². The number of hydrogen-bond acceptors (Lipinski definition) is 3. The quantitative estimate of drug-likeness (QED) is 0.617. The number of carbonyl (C=O) groups is 1. The SMILES string of the molecule is C=CCO[C@@H]1C(=O)N(Cc2ccccc2)[C@@]12C[C@H]1C=C[C@@H]2O1. The summed E-state index contributed by atoms with van der Waals surface area (Å²) in [5.74, 6) is 0.0512. The van der Waals surface area contributed by atoms with Gasteiger partial charge in [0.2, 0.25) is 0 Å². The van der Waals surface area contributed by atoms with E-state index in [2.05, 4.69) is 18.7 Å². The Balaban J connectivity index is 1.62. The fraction of sp³-hybridized carbons (Fsp3) is 0.389. The number of likely N-dealkylation sites (tertiary alicyclic amines) is 1. The Morgan fingerprint density at radius 2 is 2.18 bits per heavy atom. The van der Waals surface area contributed by atoms with Crippen LogP contribution in [0.3, 0.4) is 0 Å². The maximum Gasteiger partial charge on any atom is 0.255 e. The molecule has 0 saturated carbocycles. The molecule has 4 atom stereocenters. The highest BCUT2D eigenvalue weighted by molar-refractivity contribution is 5.91. The molecule has 4 rings (SSSR count). The molecule has 3 aliphatic rings. The second-order valence-electron chi connectivity index (χ2n) is 6.09. The fourth-order valence-corrected chi connectivity index (χ4v) is 3.87. The van der Waals surface area contributed by atoms with Gasteiger partial charge >= 0.3 is 0 Å². The Morgan fingerprint density at radius 1 is 1.36 bits per heavy atom. The monoisotopic (exact) mass is 297 g/mol. The zero-order valence-corrected chi connectivity index (χ0v) is 12.4. The molecule has 3 aliphatic heterocycles. The number of rotatable bonds is 5. The van der Waals surface area contributed by atoms with Crippen LogP contribution in [-0.2, 0) is 20.8 Å². The summed E-state index contributed by atoms with van der Waals surface area (Å²) in [7, 11) is 0. The molecular formula is C18H19NO3. The van der Waals surface area contributed by atoms with E-state index in [9.17, 15) is 4.79 Å². The summed E-state index contributed by atoms with van der Waals surface area (Å²) in [6, 6.07) is 10.1.